The SMILES string of the molecule is CCOc1ccc(S(=O)(=O)Nc2ccc(Nc3ccc(F)cc3)nc2)cc1. The summed E-state index contributed by atoms with van der Waals surface area (Å²) in [6.07, 6.45) is 1.40. The Morgan fingerprint density at radius 1 is 0.963 bits per heavy atom. The predicted octanol–water partition coefficient (Wildman–Crippen LogP) is 4.16. The van der Waals surface area contributed by atoms with Crippen LogP contribution in [0.5, 0.6) is 5.75 Å². The van der Waals surface area contributed by atoms with Crippen molar-refractivity contribution in [2.24, 2.45) is 0 Å². The van der Waals surface area contributed by atoms with Gasteiger partial charge in [-0.15, -0.1) is 0 Å². The first kappa shape index (κ1) is 18.7. The molecule has 0 fully saturated rings. The van der Waals surface area contributed by atoms with E-state index in [9.17, 15) is 12.8 Å². The van der Waals surface area contributed by atoms with Crippen molar-refractivity contribution in [2.75, 3.05) is 16.6 Å². The number of nitrogens with one attached hydrogen (secondary N) is 2. The van der Waals surface area contributed by atoms with Crippen LogP contribution in [-0.2, 0) is 10.0 Å². The van der Waals surface area contributed by atoms with Crippen molar-refractivity contribution in [1.29, 1.82) is 0 Å². The molecule has 140 valence electrons. The van der Waals surface area contributed by atoms with Gasteiger partial charge < -0.3 is 10.1 Å². The Labute approximate surface area is 157 Å². The molecule has 3 rings (SSSR count). The van der Waals surface area contributed by atoms with E-state index in [-0.39, 0.29) is 10.7 Å². The summed E-state index contributed by atoms with van der Waals surface area (Å²) in [5, 5.41) is 3.00. The molecule has 8 heteroatoms. The summed E-state index contributed by atoms with van der Waals surface area (Å²) < 4.78 is 45.6. The highest BCUT2D eigenvalue weighted by atomic mass is 32.2. The maximum Gasteiger partial charge on any atom is 0.261 e. The van der Waals surface area contributed by atoms with Crippen molar-refractivity contribution in [1.82, 2.24) is 4.98 Å². The Balaban J connectivity index is 1.68. The van der Waals surface area contributed by atoms with Crippen LogP contribution in [0.1, 0.15) is 6.92 Å². The molecule has 0 spiro atoms. The molecule has 3 aromatic rings. The number of nitrogens with zero attached hydrogens (tertiary/aromatic N) is 1. The van der Waals surface area contributed by atoms with Crippen LogP contribution >= 0.6 is 0 Å². The number of rotatable bonds is 7. The van der Waals surface area contributed by atoms with E-state index < -0.39 is 10.0 Å². The largest absolute Gasteiger partial charge is 0.494 e. The fourth-order valence-electron chi connectivity index (χ4n) is 2.31. The normalized spacial score (nSPS) is 11.0. The quantitative estimate of drug-likeness (QED) is 0.636. The van der Waals surface area contributed by atoms with Crippen LogP contribution in [0.4, 0.5) is 21.6 Å². The van der Waals surface area contributed by atoms with E-state index in [4.69, 9.17) is 4.74 Å². The Kier molecular flexibility index (Phi) is 5.56. The molecule has 0 atom stereocenters. The third-order valence-corrected chi connectivity index (χ3v) is 4.97. The fraction of sp³-hybridized carbons (Fsp3) is 0.105. The molecule has 0 aliphatic heterocycles. The zero-order chi connectivity index (χ0) is 19.3. The van der Waals surface area contributed by atoms with Gasteiger partial charge in [0.2, 0.25) is 0 Å². The van der Waals surface area contributed by atoms with E-state index in [2.05, 4.69) is 15.0 Å². The Morgan fingerprint density at radius 2 is 1.63 bits per heavy atom. The van der Waals surface area contributed by atoms with Crippen molar-refractivity contribution < 1.29 is 17.5 Å². The summed E-state index contributed by atoms with van der Waals surface area (Å²) in [6.45, 7) is 2.36. The number of ether oxygens (including phenoxy) is 1. The number of hydrogen-bond acceptors (Lipinski definition) is 5. The van der Waals surface area contributed by atoms with Gasteiger partial charge in [-0.25, -0.2) is 17.8 Å². The first-order chi connectivity index (χ1) is 13.0. The van der Waals surface area contributed by atoms with Gasteiger partial charge in [0.05, 0.1) is 23.4 Å². The Bertz CT molecular complexity index is 990. The predicted molar refractivity (Wildman–Crippen MR) is 102 cm³/mol. The molecule has 0 aliphatic carbocycles. The Hall–Kier alpha value is -3.13. The zero-order valence-electron chi connectivity index (χ0n) is 14.5. The average molecular weight is 387 g/mol. The molecule has 2 aromatic carbocycles. The van der Waals surface area contributed by atoms with Gasteiger partial charge in [-0.3, -0.25) is 4.72 Å². The second kappa shape index (κ2) is 8.05. The number of halogens is 1. The second-order valence-corrected chi connectivity index (χ2v) is 7.26. The van der Waals surface area contributed by atoms with Crippen LogP contribution < -0.4 is 14.8 Å². The molecule has 0 bridgehead atoms. The molecule has 0 saturated carbocycles. The lowest BCUT2D eigenvalue weighted by atomic mass is 10.3. The first-order valence-electron chi connectivity index (χ1n) is 8.20. The van der Waals surface area contributed by atoms with E-state index >= 15 is 0 Å². The number of hydrogen-bond donors (Lipinski definition) is 2. The van der Waals surface area contributed by atoms with Crippen molar-refractivity contribution >= 4 is 27.2 Å². The van der Waals surface area contributed by atoms with Gasteiger partial charge in [-0.05, 0) is 67.6 Å². The van der Waals surface area contributed by atoms with Crippen LogP contribution in [0.25, 0.3) is 0 Å². The van der Waals surface area contributed by atoms with Crippen molar-refractivity contribution in [2.45, 2.75) is 11.8 Å². The highest BCUT2D eigenvalue weighted by Gasteiger charge is 2.14. The Morgan fingerprint density at radius 3 is 2.22 bits per heavy atom. The molecular formula is C19H18FN3O3S. The zero-order valence-corrected chi connectivity index (χ0v) is 15.3. The van der Waals surface area contributed by atoms with Crippen LogP contribution in [0.3, 0.4) is 0 Å². The molecule has 0 aliphatic rings. The molecule has 0 unspecified atom stereocenters. The smallest absolute Gasteiger partial charge is 0.261 e. The number of sulfonamides is 1. The lowest BCUT2D eigenvalue weighted by Crippen LogP contribution is -2.13. The summed E-state index contributed by atoms with van der Waals surface area (Å²) in [6, 6.07) is 15.2. The lowest BCUT2D eigenvalue weighted by Gasteiger charge is -2.10. The minimum atomic E-state index is -3.73. The molecule has 0 radical (unpaired) electrons. The van der Waals surface area contributed by atoms with Crippen LogP contribution in [0.2, 0.25) is 0 Å². The van der Waals surface area contributed by atoms with Gasteiger partial charge in [-0.1, -0.05) is 0 Å². The molecule has 1 aromatic heterocycles. The molecule has 1 heterocycles. The van der Waals surface area contributed by atoms with Crippen LogP contribution in [0.15, 0.2) is 71.8 Å². The minimum absolute atomic E-state index is 0.125. The summed E-state index contributed by atoms with van der Waals surface area (Å²) in [7, 11) is -3.73. The third-order valence-electron chi connectivity index (χ3n) is 3.58. The highest BCUT2D eigenvalue weighted by molar-refractivity contribution is 7.92. The van der Waals surface area contributed by atoms with Gasteiger partial charge in [0, 0.05) is 5.69 Å². The maximum atomic E-state index is 12.9. The summed E-state index contributed by atoms with van der Waals surface area (Å²) in [4.78, 5) is 4.29. The summed E-state index contributed by atoms with van der Waals surface area (Å²) in [5.74, 6) is 0.785. The summed E-state index contributed by atoms with van der Waals surface area (Å²) >= 11 is 0. The van der Waals surface area contributed by atoms with E-state index in [1.54, 1.807) is 36.4 Å². The first-order valence-corrected chi connectivity index (χ1v) is 9.69. The third kappa shape index (κ3) is 4.95. The number of anilines is 3. The monoisotopic (exact) mass is 387 g/mol. The van der Waals surface area contributed by atoms with Gasteiger partial charge in [-0.2, -0.15) is 0 Å². The highest BCUT2D eigenvalue weighted by Crippen LogP contribution is 2.21. The standard InChI is InChI=1S/C19H18FN3O3S/c1-2-26-17-8-10-18(11-9-17)27(24,25)23-16-7-12-19(21-13-16)22-15-5-3-14(20)4-6-15/h3-13,23H,2H2,1H3,(H,21,22). The minimum Gasteiger partial charge on any atom is -0.494 e. The molecule has 6 nitrogen and oxygen atoms in total. The van der Waals surface area contributed by atoms with Crippen LogP contribution in [0, 0.1) is 5.82 Å². The molecular weight excluding hydrogens is 369 g/mol. The molecule has 2 N–H and O–H groups in total. The maximum absolute atomic E-state index is 12.9. The fourth-order valence-corrected chi connectivity index (χ4v) is 3.35. The van der Waals surface area contributed by atoms with Crippen LogP contribution in [-0.4, -0.2) is 20.0 Å². The van der Waals surface area contributed by atoms with Crippen molar-refractivity contribution in [3.63, 3.8) is 0 Å². The lowest BCUT2D eigenvalue weighted by molar-refractivity contribution is 0.340. The summed E-state index contributed by atoms with van der Waals surface area (Å²) in [5.41, 5.74) is 1.00. The van der Waals surface area contributed by atoms with E-state index in [1.807, 2.05) is 6.92 Å². The van der Waals surface area contributed by atoms with E-state index in [0.717, 1.165) is 0 Å². The van der Waals surface area contributed by atoms with Gasteiger partial charge >= 0.3 is 0 Å². The second-order valence-electron chi connectivity index (χ2n) is 5.57. The number of pyridine rings is 1. The topological polar surface area (TPSA) is 80.3 Å². The molecule has 0 amide bonds. The molecule has 27 heavy (non-hydrogen) atoms. The van der Waals surface area contributed by atoms with Crippen molar-refractivity contribution in [3.05, 3.63) is 72.7 Å². The van der Waals surface area contributed by atoms with Crippen molar-refractivity contribution in [3.8, 4) is 5.75 Å². The molecule has 0 saturated heterocycles. The average Bonchev–Trinajstić information content (AvgIpc) is 2.66. The van der Waals surface area contributed by atoms with E-state index in [1.165, 1.54) is 30.5 Å². The van der Waals surface area contributed by atoms with Gasteiger partial charge in [0.1, 0.15) is 17.4 Å². The van der Waals surface area contributed by atoms with Gasteiger partial charge in [0.15, 0.2) is 0 Å². The van der Waals surface area contributed by atoms with E-state index in [0.29, 0.717) is 29.5 Å². The number of benzene rings is 2. The number of aromatic nitrogens is 1. The van der Waals surface area contributed by atoms with Gasteiger partial charge in [0.25, 0.3) is 10.0 Å².